The molecular formula is C18H16ClF2NO5. The summed E-state index contributed by atoms with van der Waals surface area (Å²) in [6.07, 6.45) is -3.41. The van der Waals surface area contributed by atoms with Crippen molar-refractivity contribution in [3.8, 4) is 16.9 Å². The first-order valence-electron chi connectivity index (χ1n) is 7.88. The van der Waals surface area contributed by atoms with E-state index in [1.54, 1.807) is 6.92 Å². The van der Waals surface area contributed by atoms with E-state index in [4.69, 9.17) is 21.1 Å². The van der Waals surface area contributed by atoms with Gasteiger partial charge in [-0.15, -0.1) is 0 Å². The fraction of sp³-hybridized carbons (Fsp3) is 0.278. The van der Waals surface area contributed by atoms with Gasteiger partial charge in [0.25, 0.3) is 12.1 Å². The molecule has 0 saturated carbocycles. The molecule has 0 saturated heterocycles. The number of methoxy groups -OCH3 is 1. The molecule has 27 heavy (non-hydrogen) atoms. The minimum absolute atomic E-state index is 0.0395. The highest BCUT2D eigenvalue weighted by Gasteiger charge is 2.30. The van der Waals surface area contributed by atoms with Crippen LogP contribution in [-0.2, 0) is 16.0 Å². The number of benzene rings is 2. The molecule has 0 bridgehead atoms. The van der Waals surface area contributed by atoms with Crippen LogP contribution in [0.5, 0.6) is 5.75 Å². The zero-order valence-corrected chi connectivity index (χ0v) is 15.3. The van der Waals surface area contributed by atoms with Crippen molar-refractivity contribution in [1.82, 2.24) is 0 Å². The van der Waals surface area contributed by atoms with E-state index in [2.05, 4.69) is 0 Å². The smallest absolute Gasteiger partial charge is 0.310 e. The topological polar surface area (TPSA) is 78.7 Å². The van der Waals surface area contributed by atoms with Crippen LogP contribution in [0.2, 0.25) is 5.02 Å². The number of ether oxygens (including phenoxy) is 2. The fourth-order valence-electron chi connectivity index (χ4n) is 2.71. The van der Waals surface area contributed by atoms with Gasteiger partial charge in [0, 0.05) is 21.7 Å². The number of carbonyl (C=O) groups is 1. The molecule has 0 atom stereocenters. The second kappa shape index (κ2) is 8.77. The third kappa shape index (κ3) is 4.51. The largest absolute Gasteiger partial charge is 0.496 e. The third-order valence-electron chi connectivity index (χ3n) is 3.78. The standard InChI is InChI=1S/C18H16ClF2NO5/c1-3-27-15(23)8-10-4-6-12(18(20)21)16(17(10)22(24)25)13-9-11(19)5-7-14(13)26-2/h4-7,9,18H,3,8H2,1-2H3. The minimum Gasteiger partial charge on any atom is -0.496 e. The number of nitrogens with zero attached hydrogens (tertiary/aromatic N) is 1. The predicted molar refractivity (Wildman–Crippen MR) is 95.4 cm³/mol. The Morgan fingerprint density at radius 1 is 1.30 bits per heavy atom. The maximum atomic E-state index is 13.6. The first-order chi connectivity index (χ1) is 12.8. The summed E-state index contributed by atoms with van der Waals surface area (Å²) in [4.78, 5) is 22.7. The lowest BCUT2D eigenvalue weighted by atomic mass is 9.93. The highest BCUT2D eigenvalue weighted by molar-refractivity contribution is 6.31. The van der Waals surface area contributed by atoms with Gasteiger partial charge in [-0.2, -0.15) is 0 Å². The minimum atomic E-state index is -2.99. The average molecular weight is 400 g/mol. The summed E-state index contributed by atoms with van der Waals surface area (Å²) in [6, 6.07) is 6.40. The number of esters is 1. The molecular weight excluding hydrogens is 384 g/mol. The summed E-state index contributed by atoms with van der Waals surface area (Å²) >= 11 is 5.97. The molecule has 0 radical (unpaired) electrons. The molecule has 2 aromatic carbocycles. The van der Waals surface area contributed by atoms with Gasteiger partial charge in [-0.25, -0.2) is 8.78 Å². The van der Waals surface area contributed by atoms with Crippen LogP contribution >= 0.6 is 11.6 Å². The van der Waals surface area contributed by atoms with E-state index in [1.165, 1.54) is 25.3 Å². The van der Waals surface area contributed by atoms with Gasteiger partial charge in [0.05, 0.1) is 30.6 Å². The Kier molecular flexibility index (Phi) is 6.68. The Hall–Kier alpha value is -2.74. The predicted octanol–water partition coefficient (Wildman–Crippen LogP) is 4.97. The van der Waals surface area contributed by atoms with Crippen molar-refractivity contribution in [3.63, 3.8) is 0 Å². The summed E-state index contributed by atoms with van der Waals surface area (Å²) in [5, 5.41) is 11.9. The van der Waals surface area contributed by atoms with E-state index in [9.17, 15) is 23.7 Å². The van der Waals surface area contributed by atoms with E-state index in [-0.39, 0.29) is 34.1 Å². The maximum absolute atomic E-state index is 13.6. The Bertz CT molecular complexity index is 873. The third-order valence-corrected chi connectivity index (χ3v) is 4.02. The Morgan fingerprint density at radius 3 is 2.56 bits per heavy atom. The molecule has 6 nitrogen and oxygen atoms in total. The van der Waals surface area contributed by atoms with Crippen LogP contribution in [0.4, 0.5) is 14.5 Å². The summed E-state index contributed by atoms with van der Waals surface area (Å²) in [7, 11) is 1.31. The van der Waals surface area contributed by atoms with Gasteiger partial charge in [-0.1, -0.05) is 23.7 Å². The highest BCUT2D eigenvalue weighted by atomic mass is 35.5. The zero-order valence-electron chi connectivity index (χ0n) is 14.5. The Balaban J connectivity index is 2.82. The van der Waals surface area contributed by atoms with Crippen molar-refractivity contribution in [2.75, 3.05) is 13.7 Å². The monoisotopic (exact) mass is 399 g/mol. The molecule has 0 aliphatic rings. The van der Waals surface area contributed by atoms with Crippen LogP contribution in [0.3, 0.4) is 0 Å². The Labute approximate surface area is 158 Å². The molecule has 9 heteroatoms. The normalized spacial score (nSPS) is 10.7. The van der Waals surface area contributed by atoms with Gasteiger partial charge >= 0.3 is 5.97 Å². The first kappa shape index (κ1) is 20.6. The second-order valence-electron chi connectivity index (χ2n) is 5.42. The number of hydrogen-bond acceptors (Lipinski definition) is 5. The summed E-state index contributed by atoms with van der Waals surface area (Å²) in [5.74, 6) is -0.563. The lowest BCUT2D eigenvalue weighted by Gasteiger charge is -2.16. The molecule has 2 aromatic rings. The lowest BCUT2D eigenvalue weighted by molar-refractivity contribution is -0.384. The van der Waals surface area contributed by atoms with Crippen molar-refractivity contribution in [2.45, 2.75) is 19.8 Å². The number of nitro groups is 1. The summed E-state index contributed by atoms with van der Waals surface area (Å²) in [5.41, 5.74) is -1.51. The van der Waals surface area contributed by atoms with Gasteiger partial charge in [-0.05, 0) is 25.1 Å². The molecule has 0 aliphatic carbocycles. The van der Waals surface area contributed by atoms with E-state index < -0.39 is 35.0 Å². The number of halogens is 3. The van der Waals surface area contributed by atoms with Gasteiger partial charge in [0.2, 0.25) is 0 Å². The quantitative estimate of drug-likeness (QED) is 0.373. The van der Waals surface area contributed by atoms with Crippen molar-refractivity contribution in [2.24, 2.45) is 0 Å². The first-order valence-corrected chi connectivity index (χ1v) is 8.25. The molecule has 0 aromatic heterocycles. The van der Waals surface area contributed by atoms with Gasteiger partial charge in [0.1, 0.15) is 5.75 Å². The van der Waals surface area contributed by atoms with Crippen LogP contribution in [0.1, 0.15) is 24.5 Å². The number of alkyl halides is 2. The molecule has 0 aliphatic heterocycles. The van der Waals surface area contributed by atoms with Crippen LogP contribution in [-0.4, -0.2) is 24.6 Å². The maximum Gasteiger partial charge on any atom is 0.310 e. The second-order valence-corrected chi connectivity index (χ2v) is 5.86. The van der Waals surface area contributed by atoms with E-state index >= 15 is 0 Å². The Morgan fingerprint density at radius 2 is 2.00 bits per heavy atom. The summed E-state index contributed by atoms with van der Waals surface area (Å²) in [6.45, 7) is 1.69. The van der Waals surface area contributed by atoms with Crippen LogP contribution in [0.15, 0.2) is 30.3 Å². The fourth-order valence-corrected chi connectivity index (χ4v) is 2.88. The lowest BCUT2D eigenvalue weighted by Crippen LogP contribution is -2.11. The number of rotatable bonds is 7. The van der Waals surface area contributed by atoms with Crippen molar-refractivity contribution >= 4 is 23.3 Å². The highest BCUT2D eigenvalue weighted by Crippen LogP contribution is 2.44. The molecule has 0 spiro atoms. The SMILES string of the molecule is CCOC(=O)Cc1ccc(C(F)F)c(-c2cc(Cl)ccc2OC)c1[N+](=O)[O-]. The van der Waals surface area contributed by atoms with Gasteiger partial charge in [0.15, 0.2) is 0 Å². The van der Waals surface area contributed by atoms with Gasteiger partial charge < -0.3 is 9.47 Å². The number of nitro benzene ring substituents is 1. The molecule has 144 valence electrons. The van der Waals surface area contributed by atoms with Crippen LogP contribution in [0, 0.1) is 10.1 Å². The summed E-state index contributed by atoms with van der Waals surface area (Å²) < 4.78 is 37.2. The van der Waals surface area contributed by atoms with E-state index in [0.29, 0.717) is 0 Å². The van der Waals surface area contributed by atoms with Crippen LogP contribution < -0.4 is 4.74 Å². The number of hydrogen-bond donors (Lipinski definition) is 0. The molecule has 0 amide bonds. The molecule has 0 fully saturated rings. The molecule has 0 unspecified atom stereocenters. The van der Waals surface area contributed by atoms with Crippen LogP contribution in [0.25, 0.3) is 11.1 Å². The molecule has 0 heterocycles. The van der Waals surface area contributed by atoms with Gasteiger partial charge in [-0.3, -0.25) is 14.9 Å². The van der Waals surface area contributed by atoms with Crippen molar-refractivity contribution in [1.29, 1.82) is 0 Å². The molecule has 2 rings (SSSR count). The molecule has 0 N–H and O–H groups in total. The van der Waals surface area contributed by atoms with E-state index in [1.807, 2.05) is 0 Å². The van der Waals surface area contributed by atoms with Crippen molar-refractivity contribution < 1.29 is 28.0 Å². The zero-order chi connectivity index (χ0) is 20.1. The van der Waals surface area contributed by atoms with Crippen molar-refractivity contribution in [3.05, 3.63) is 56.6 Å². The van der Waals surface area contributed by atoms with E-state index in [0.717, 1.165) is 12.1 Å². The number of carbonyl (C=O) groups excluding carboxylic acids is 1. The average Bonchev–Trinajstić information content (AvgIpc) is 2.60.